The van der Waals surface area contributed by atoms with E-state index in [1.54, 1.807) is 23.6 Å². The lowest BCUT2D eigenvalue weighted by Gasteiger charge is -2.41. The maximum atomic E-state index is 12.8. The molecule has 0 bridgehead atoms. The number of likely N-dealkylation sites (tertiary alicyclic amines) is 1. The highest BCUT2D eigenvalue weighted by atomic mass is 32.1. The molecule has 0 spiro atoms. The molecule has 3 heterocycles. The fraction of sp³-hybridized carbons (Fsp3) is 0.273. The summed E-state index contributed by atoms with van der Waals surface area (Å²) < 4.78 is 0. The number of benzene rings is 1. The number of carbonyl (C=O) groups is 2. The van der Waals surface area contributed by atoms with Crippen molar-refractivity contribution in [3.05, 3.63) is 77.1 Å². The SMILES string of the molecule is CNc1nc(C2(c3ccccc3)CCN(C(=O)c3ccccn3)CC2)cs1.O=CO. The zero-order valence-corrected chi connectivity index (χ0v) is 17.5. The number of piperidine rings is 1. The van der Waals surface area contributed by atoms with Crippen LogP contribution in [0, 0.1) is 0 Å². The number of carboxylic acid groups (broad SMARTS) is 1. The molecule has 0 saturated carbocycles. The predicted molar refractivity (Wildman–Crippen MR) is 117 cm³/mol. The quantitative estimate of drug-likeness (QED) is 0.623. The molecule has 0 aliphatic carbocycles. The standard InChI is InChI=1S/C21H22N4OS.CH2O2/c1-22-20-24-18(15-27-20)21(16-7-3-2-4-8-16)10-13-25(14-11-21)19(26)17-9-5-6-12-23-17;2-1-3/h2-9,12,15H,10-11,13-14H2,1H3,(H,22,24);1H,(H,2,3). The van der Waals surface area contributed by atoms with Gasteiger partial charge in [0.2, 0.25) is 0 Å². The number of anilines is 1. The first-order valence-electron chi connectivity index (χ1n) is 9.62. The molecule has 2 aromatic heterocycles. The van der Waals surface area contributed by atoms with Crippen LogP contribution in [0.4, 0.5) is 5.13 Å². The van der Waals surface area contributed by atoms with E-state index in [2.05, 4.69) is 39.9 Å². The van der Waals surface area contributed by atoms with E-state index in [0.717, 1.165) is 23.7 Å². The van der Waals surface area contributed by atoms with Gasteiger partial charge in [-0.3, -0.25) is 14.6 Å². The highest BCUT2D eigenvalue weighted by Crippen LogP contribution is 2.42. The Morgan fingerprint density at radius 3 is 2.40 bits per heavy atom. The van der Waals surface area contributed by atoms with Gasteiger partial charge >= 0.3 is 0 Å². The molecule has 1 fully saturated rings. The predicted octanol–water partition coefficient (Wildman–Crippen LogP) is 3.50. The number of nitrogens with one attached hydrogen (secondary N) is 1. The van der Waals surface area contributed by atoms with Crippen LogP contribution in [0.5, 0.6) is 0 Å². The lowest BCUT2D eigenvalue weighted by atomic mass is 9.70. The number of hydrogen-bond acceptors (Lipinski definition) is 6. The van der Waals surface area contributed by atoms with Crippen LogP contribution in [0.3, 0.4) is 0 Å². The Bertz CT molecular complexity index is 955. The third kappa shape index (κ3) is 4.49. The van der Waals surface area contributed by atoms with Crippen LogP contribution in [0.15, 0.2) is 60.1 Å². The summed E-state index contributed by atoms with van der Waals surface area (Å²) in [5, 5.41) is 13.1. The molecule has 156 valence electrons. The molecule has 0 radical (unpaired) electrons. The third-order valence-electron chi connectivity index (χ3n) is 5.32. The van der Waals surface area contributed by atoms with Crippen LogP contribution in [0.25, 0.3) is 0 Å². The topological polar surface area (TPSA) is 95.4 Å². The van der Waals surface area contributed by atoms with Crippen molar-refractivity contribution in [1.29, 1.82) is 0 Å². The van der Waals surface area contributed by atoms with Gasteiger partial charge in [0.05, 0.1) is 5.69 Å². The maximum absolute atomic E-state index is 12.8. The van der Waals surface area contributed by atoms with Crippen LogP contribution in [-0.2, 0) is 10.2 Å². The third-order valence-corrected chi connectivity index (χ3v) is 6.18. The normalized spacial score (nSPS) is 14.9. The van der Waals surface area contributed by atoms with E-state index in [-0.39, 0.29) is 17.8 Å². The first-order chi connectivity index (χ1) is 14.6. The molecular formula is C22H24N4O3S. The Labute approximate surface area is 179 Å². The van der Waals surface area contributed by atoms with Gasteiger partial charge in [0.25, 0.3) is 12.4 Å². The number of aromatic nitrogens is 2. The molecule has 1 aliphatic heterocycles. The summed E-state index contributed by atoms with van der Waals surface area (Å²) in [5.74, 6) is 0.00598. The highest BCUT2D eigenvalue weighted by molar-refractivity contribution is 7.13. The van der Waals surface area contributed by atoms with E-state index < -0.39 is 0 Å². The van der Waals surface area contributed by atoms with Gasteiger partial charge in [-0.05, 0) is 30.5 Å². The monoisotopic (exact) mass is 424 g/mol. The van der Waals surface area contributed by atoms with Crippen LogP contribution in [0.2, 0.25) is 0 Å². The van der Waals surface area contributed by atoms with Gasteiger partial charge in [-0.2, -0.15) is 0 Å². The number of amides is 1. The molecule has 2 N–H and O–H groups in total. The summed E-state index contributed by atoms with van der Waals surface area (Å²) in [6, 6.07) is 16.0. The molecule has 0 atom stereocenters. The molecule has 1 saturated heterocycles. The number of rotatable bonds is 4. The summed E-state index contributed by atoms with van der Waals surface area (Å²) in [6.45, 7) is 1.13. The molecule has 1 amide bonds. The number of thiazole rings is 1. The number of pyridine rings is 1. The molecule has 7 nitrogen and oxygen atoms in total. The van der Waals surface area contributed by atoms with Crippen molar-refractivity contribution < 1.29 is 14.7 Å². The van der Waals surface area contributed by atoms with Crippen molar-refractivity contribution in [2.24, 2.45) is 0 Å². The Balaban J connectivity index is 0.000000806. The maximum Gasteiger partial charge on any atom is 0.290 e. The molecular weight excluding hydrogens is 400 g/mol. The average molecular weight is 425 g/mol. The Morgan fingerprint density at radius 1 is 1.17 bits per heavy atom. The van der Waals surface area contributed by atoms with Gasteiger partial charge in [-0.15, -0.1) is 11.3 Å². The molecule has 1 aliphatic rings. The van der Waals surface area contributed by atoms with Crippen molar-refractivity contribution in [3.8, 4) is 0 Å². The van der Waals surface area contributed by atoms with E-state index in [1.165, 1.54) is 5.56 Å². The largest absolute Gasteiger partial charge is 0.483 e. The van der Waals surface area contributed by atoms with Crippen LogP contribution in [0.1, 0.15) is 34.6 Å². The van der Waals surface area contributed by atoms with Gasteiger partial charge in [0, 0.05) is 37.1 Å². The van der Waals surface area contributed by atoms with Crippen LogP contribution < -0.4 is 5.32 Å². The summed E-state index contributed by atoms with van der Waals surface area (Å²) in [7, 11) is 1.89. The molecule has 4 rings (SSSR count). The summed E-state index contributed by atoms with van der Waals surface area (Å²) in [6.07, 6.45) is 3.37. The van der Waals surface area contributed by atoms with Crippen molar-refractivity contribution in [1.82, 2.24) is 14.9 Å². The van der Waals surface area contributed by atoms with E-state index in [9.17, 15) is 4.79 Å². The first-order valence-corrected chi connectivity index (χ1v) is 10.5. The summed E-state index contributed by atoms with van der Waals surface area (Å²) in [4.78, 5) is 32.1. The highest BCUT2D eigenvalue weighted by Gasteiger charge is 2.41. The smallest absolute Gasteiger partial charge is 0.290 e. The number of nitrogens with zero attached hydrogens (tertiary/aromatic N) is 3. The van der Waals surface area contributed by atoms with Crippen LogP contribution in [-0.4, -0.2) is 52.5 Å². The second-order valence-corrected chi connectivity index (χ2v) is 7.71. The first kappa shape index (κ1) is 21.4. The zero-order chi connectivity index (χ0) is 21.4. The fourth-order valence-electron chi connectivity index (χ4n) is 3.80. The molecule has 1 aromatic carbocycles. The Kier molecular flexibility index (Phi) is 7.13. The van der Waals surface area contributed by atoms with Gasteiger partial charge < -0.3 is 15.3 Å². The fourth-order valence-corrected chi connectivity index (χ4v) is 4.57. The second-order valence-electron chi connectivity index (χ2n) is 6.85. The molecule has 0 unspecified atom stereocenters. The minimum absolute atomic E-state index is 0.00598. The zero-order valence-electron chi connectivity index (χ0n) is 16.7. The van der Waals surface area contributed by atoms with Crippen molar-refractivity contribution in [3.63, 3.8) is 0 Å². The molecule has 8 heteroatoms. The van der Waals surface area contributed by atoms with E-state index in [1.807, 2.05) is 30.1 Å². The Hall–Kier alpha value is -3.26. The molecule has 30 heavy (non-hydrogen) atoms. The van der Waals surface area contributed by atoms with Gasteiger partial charge in [-0.1, -0.05) is 36.4 Å². The van der Waals surface area contributed by atoms with E-state index >= 15 is 0 Å². The second kappa shape index (κ2) is 9.98. The van der Waals surface area contributed by atoms with E-state index in [4.69, 9.17) is 14.9 Å². The number of carbonyl (C=O) groups excluding carboxylic acids is 1. The van der Waals surface area contributed by atoms with Gasteiger partial charge in [0.1, 0.15) is 5.69 Å². The summed E-state index contributed by atoms with van der Waals surface area (Å²) in [5.41, 5.74) is 2.71. The Morgan fingerprint density at radius 2 is 1.83 bits per heavy atom. The minimum Gasteiger partial charge on any atom is -0.483 e. The lowest BCUT2D eigenvalue weighted by molar-refractivity contribution is -0.122. The van der Waals surface area contributed by atoms with Gasteiger partial charge in [-0.25, -0.2) is 4.98 Å². The van der Waals surface area contributed by atoms with Crippen molar-refractivity contribution >= 4 is 28.8 Å². The van der Waals surface area contributed by atoms with Crippen LogP contribution >= 0.6 is 11.3 Å². The summed E-state index contributed by atoms with van der Waals surface area (Å²) >= 11 is 1.63. The average Bonchev–Trinajstić information content (AvgIpc) is 3.30. The molecule has 3 aromatic rings. The van der Waals surface area contributed by atoms with Gasteiger partial charge in [0.15, 0.2) is 5.13 Å². The van der Waals surface area contributed by atoms with E-state index in [0.29, 0.717) is 18.8 Å². The van der Waals surface area contributed by atoms with Crippen molar-refractivity contribution in [2.75, 3.05) is 25.5 Å². The van der Waals surface area contributed by atoms with Crippen molar-refractivity contribution in [2.45, 2.75) is 18.3 Å². The number of hydrogen-bond donors (Lipinski definition) is 2. The minimum atomic E-state index is -0.250. The lowest BCUT2D eigenvalue weighted by Crippen LogP contribution is -2.46.